The molecule has 142 valence electrons. The van der Waals surface area contributed by atoms with Crippen LogP contribution in [0.25, 0.3) is 5.76 Å². The van der Waals surface area contributed by atoms with Crippen LogP contribution < -0.4 is 0 Å². The second-order valence-electron chi connectivity index (χ2n) is 5.07. The van der Waals surface area contributed by atoms with Crippen molar-refractivity contribution in [2.45, 2.75) is 27.2 Å². The van der Waals surface area contributed by atoms with E-state index in [-0.39, 0.29) is 13.2 Å². The lowest BCUT2D eigenvalue weighted by Gasteiger charge is -2.11. The van der Waals surface area contributed by atoms with Crippen molar-refractivity contribution >= 4 is 23.6 Å². The minimum absolute atomic E-state index is 0.112. The number of nitro groups is 1. The van der Waals surface area contributed by atoms with Crippen molar-refractivity contribution in [2.75, 3.05) is 13.2 Å². The summed E-state index contributed by atoms with van der Waals surface area (Å²) < 4.78 is 46.7. The summed E-state index contributed by atoms with van der Waals surface area (Å²) in [5, 5.41) is 21.4. The highest BCUT2D eigenvalue weighted by molar-refractivity contribution is 6.15. The molecule has 0 amide bonds. The van der Waals surface area contributed by atoms with Gasteiger partial charge in [0.25, 0.3) is 0 Å². The van der Waals surface area contributed by atoms with Crippen LogP contribution in [0.15, 0.2) is 10.6 Å². The Bertz CT molecular complexity index is 791. The third-order valence-electron chi connectivity index (χ3n) is 3.26. The van der Waals surface area contributed by atoms with Gasteiger partial charge in [-0.05, 0) is 20.3 Å². The maximum Gasteiger partial charge on any atom is 0.343 e. The number of nitro benzene ring substituents is 1. The number of halogens is 3. The number of esters is 1. The minimum Gasteiger partial charge on any atom is -0.506 e. The summed E-state index contributed by atoms with van der Waals surface area (Å²) in [5.41, 5.74) is -4.48. The van der Waals surface area contributed by atoms with Crippen LogP contribution in [0.3, 0.4) is 0 Å². The standard InChI is InChI=1S/C16H17F3N2O5/c1-4-6-20-7-9(16(23)26-5-2)15(22)10-11(17)8(3)12(18)13(19)14(10)21(24)25/h7,22H,4-6H2,1-3H3. The summed E-state index contributed by atoms with van der Waals surface area (Å²) in [6.07, 6.45) is 1.42. The molecule has 0 fully saturated rings. The van der Waals surface area contributed by atoms with Crippen LogP contribution in [0, 0.1) is 34.5 Å². The predicted molar refractivity (Wildman–Crippen MR) is 87.5 cm³/mol. The Morgan fingerprint density at radius 2 is 1.88 bits per heavy atom. The molecular weight excluding hydrogens is 357 g/mol. The third kappa shape index (κ3) is 4.19. The quantitative estimate of drug-likeness (QED) is 0.149. The smallest absolute Gasteiger partial charge is 0.343 e. The van der Waals surface area contributed by atoms with E-state index in [2.05, 4.69) is 4.99 Å². The fourth-order valence-corrected chi connectivity index (χ4v) is 1.99. The first-order valence-corrected chi connectivity index (χ1v) is 7.60. The van der Waals surface area contributed by atoms with Crippen molar-refractivity contribution in [1.82, 2.24) is 0 Å². The maximum atomic E-state index is 14.4. The van der Waals surface area contributed by atoms with Gasteiger partial charge in [-0.2, -0.15) is 4.39 Å². The fraction of sp³-hybridized carbons (Fsp3) is 0.375. The molecule has 0 aliphatic rings. The summed E-state index contributed by atoms with van der Waals surface area (Å²) in [6.45, 7) is 4.19. The van der Waals surface area contributed by atoms with Gasteiger partial charge in [-0.1, -0.05) is 6.92 Å². The number of ether oxygens (including phenoxy) is 1. The van der Waals surface area contributed by atoms with Crippen molar-refractivity contribution in [1.29, 1.82) is 0 Å². The van der Waals surface area contributed by atoms with E-state index in [1.165, 1.54) is 6.92 Å². The zero-order valence-corrected chi connectivity index (χ0v) is 14.3. The second kappa shape index (κ2) is 8.97. The number of rotatable bonds is 7. The third-order valence-corrected chi connectivity index (χ3v) is 3.26. The highest BCUT2D eigenvalue weighted by Gasteiger charge is 2.35. The van der Waals surface area contributed by atoms with Crippen LogP contribution in [-0.4, -0.2) is 35.4 Å². The summed E-state index contributed by atoms with van der Waals surface area (Å²) in [5.74, 6) is -7.71. The van der Waals surface area contributed by atoms with Crippen LogP contribution in [0.4, 0.5) is 18.9 Å². The lowest BCUT2D eigenvalue weighted by atomic mass is 10.0. The van der Waals surface area contributed by atoms with Crippen LogP contribution >= 0.6 is 0 Å². The predicted octanol–water partition coefficient (Wildman–Crippen LogP) is 3.63. The van der Waals surface area contributed by atoms with Crippen molar-refractivity contribution < 1.29 is 32.7 Å². The van der Waals surface area contributed by atoms with Gasteiger partial charge in [0.2, 0.25) is 5.82 Å². The first-order chi connectivity index (χ1) is 12.2. The van der Waals surface area contributed by atoms with Gasteiger partial charge in [-0.3, -0.25) is 15.1 Å². The molecule has 0 bridgehead atoms. The first-order valence-electron chi connectivity index (χ1n) is 7.60. The molecule has 26 heavy (non-hydrogen) atoms. The average Bonchev–Trinajstić information content (AvgIpc) is 2.59. The highest BCUT2D eigenvalue weighted by Crippen LogP contribution is 2.35. The first kappa shape index (κ1) is 21.1. The van der Waals surface area contributed by atoms with E-state index in [0.29, 0.717) is 6.42 Å². The summed E-state index contributed by atoms with van der Waals surface area (Å²) in [6, 6.07) is 0. The van der Waals surface area contributed by atoms with Crippen LogP contribution in [0.2, 0.25) is 0 Å². The molecule has 0 spiro atoms. The number of nitrogens with zero attached hydrogens (tertiary/aromatic N) is 2. The summed E-state index contributed by atoms with van der Waals surface area (Å²) in [4.78, 5) is 25.5. The van der Waals surface area contributed by atoms with E-state index < -0.39 is 56.5 Å². The Morgan fingerprint density at radius 3 is 2.38 bits per heavy atom. The molecule has 1 rings (SSSR count). The Balaban J connectivity index is 3.84. The van der Waals surface area contributed by atoms with Crippen molar-refractivity contribution in [2.24, 2.45) is 4.99 Å². The number of hydrogen-bond donors (Lipinski definition) is 1. The molecule has 0 aromatic heterocycles. The zero-order valence-electron chi connectivity index (χ0n) is 14.3. The number of benzene rings is 1. The number of aliphatic imine (C=N–C) groups is 1. The highest BCUT2D eigenvalue weighted by atomic mass is 19.2. The SMILES string of the molecule is CCCN=CC(C(=O)OCC)=C(O)c1c(F)c(C)c(F)c(F)c1[N+](=O)[O-]. The van der Waals surface area contributed by atoms with E-state index >= 15 is 0 Å². The molecule has 0 aliphatic carbocycles. The molecule has 0 aliphatic heterocycles. The topological polar surface area (TPSA) is 102 Å². The minimum atomic E-state index is -1.95. The van der Waals surface area contributed by atoms with E-state index in [4.69, 9.17) is 4.74 Å². The van der Waals surface area contributed by atoms with E-state index in [0.717, 1.165) is 13.1 Å². The molecule has 0 saturated carbocycles. The van der Waals surface area contributed by atoms with Crippen LogP contribution in [0.5, 0.6) is 0 Å². The number of aliphatic hydroxyl groups excluding tert-OH is 1. The van der Waals surface area contributed by atoms with Gasteiger partial charge in [0.15, 0.2) is 5.82 Å². The fourth-order valence-electron chi connectivity index (χ4n) is 1.99. The van der Waals surface area contributed by atoms with Gasteiger partial charge in [0.1, 0.15) is 22.7 Å². The zero-order chi connectivity index (χ0) is 20.0. The maximum absolute atomic E-state index is 14.4. The molecule has 10 heteroatoms. The second-order valence-corrected chi connectivity index (χ2v) is 5.07. The Kier molecular flexibility index (Phi) is 7.29. The van der Waals surface area contributed by atoms with Crippen molar-refractivity contribution in [3.8, 4) is 0 Å². The normalized spacial score (nSPS) is 12.2. The number of aliphatic hydroxyl groups is 1. The van der Waals surface area contributed by atoms with Gasteiger partial charge < -0.3 is 9.84 Å². The summed E-state index contributed by atoms with van der Waals surface area (Å²) in [7, 11) is 0. The van der Waals surface area contributed by atoms with Crippen molar-refractivity contribution in [3.05, 3.63) is 44.3 Å². The van der Waals surface area contributed by atoms with Crippen LogP contribution in [0.1, 0.15) is 31.4 Å². The monoisotopic (exact) mass is 374 g/mol. The largest absolute Gasteiger partial charge is 0.506 e. The molecule has 7 nitrogen and oxygen atoms in total. The Labute approximate surface area is 147 Å². The summed E-state index contributed by atoms with van der Waals surface area (Å²) >= 11 is 0. The van der Waals surface area contributed by atoms with Crippen molar-refractivity contribution in [3.63, 3.8) is 0 Å². The average molecular weight is 374 g/mol. The van der Waals surface area contributed by atoms with E-state index in [1.807, 2.05) is 0 Å². The molecule has 0 atom stereocenters. The lowest BCUT2D eigenvalue weighted by Crippen LogP contribution is -2.14. The lowest BCUT2D eigenvalue weighted by molar-refractivity contribution is -0.388. The van der Waals surface area contributed by atoms with Gasteiger partial charge >= 0.3 is 11.7 Å². The molecule has 0 heterocycles. The van der Waals surface area contributed by atoms with Gasteiger partial charge in [0, 0.05) is 18.3 Å². The van der Waals surface area contributed by atoms with Gasteiger partial charge in [-0.15, -0.1) is 0 Å². The molecule has 1 aromatic rings. The molecule has 0 radical (unpaired) electrons. The van der Waals surface area contributed by atoms with E-state index in [9.17, 15) is 33.2 Å². The number of carbonyl (C=O) groups excluding carboxylic acids is 1. The molecule has 0 saturated heterocycles. The van der Waals surface area contributed by atoms with Crippen LogP contribution in [-0.2, 0) is 9.53 Å². The van der Waals surface area contributed by atoms with E-state index in [1.54, 1.807) is 6.92 Å². The van der Waals surface area contributed by atoms with Gasteiger partial charge in [-0.25, -0.2) is 13.6 Å². The number of hydrogen-bond acceptors (Lipinski definition) is 6. The van der Waals surface area contributed by atoms with Gasteiger partial charge in [0.05, 0.1) is 11.5 Å². The molecule has 1 aromatic carbocycles. The molecule has 1 N–H and O–H groups in total. The molecular formula is C16H17F3N2O5. The Morgan fingerprint density at radius 1 is 1.27 bits per heavy atom. The number of carbonyl (C=O) groups is 1. The Hall–Kier alpha value is -2.91. The molecule has 0 unspecified atom stereocenters.